The van der Waals surface area contributed by atoms with Crippen LogP contribution in [0.5, 0.6) is 5.75 Å². The van der Waals surface area contributed by atoms with Crippen molar-refractivity contribution in [3.05, 3.63) is 34.4 Å². The van der Waals surface area contributed by atoms with E-state index in [1.165, 1.54) is 31.0 Å². The molecule has 1 amide bonds. The molecule has 2 rings (SSSR count). The number of nitrogens with one attached hydrogen (secondary N) is 1. The van der Waals surface area contributed by atoms with Crippen LogP contribution in [0.3, 0.4) is 0 Å². The molecule has 1 aromatic carbocycles. The van der Waals surface area contributed by atoms with Gasteiger partial charge in [-0.3, -0.25) is 14.9 Å². The molecule has 0 aromatic heterocycles. The predicted molar refractivity (Wildman–Crippen MR) is 78.2 cm³/mol. The predicted octanol–water partition coefficient (Wildman–Crippen LogP) is 2.81. The number of carbonyl (C=O) groups excluding carboxylic acids is 1. The average Bonchev–Trinajstić information content (AvgIpc) is 2.74. The van der Waals surface area contributed by atoms with Gasteiger partial charge in [0, 0.05) is 12.1 Å². The Balaban J connectivity index is 1.80. The third-order valence-electron chi connectivity index (χ3n) is 3.62. The maximum Gasteiger partial charge on any atom is 0.273 e. The van der Waals surface area contributed by atoms with E-state index in [0.717, 1.165) is 25.7 Å². The van der Waals surface area contributed by atoms with E-state index in [-0.39, 0.29) is 24.2 Å². The number of benzene rings is 1. The summed E-state index contributed by atoms with van der Waals surface area (Å²) in [4.78, 5) is 22.0. The van der Waals surface area contributed by atoms with E-state index < -0.39 is 4.92 Å². The molecule has 0 atom stereocenters. The molecule has 0 bridgehead atoms. The Labute approximate surface area is 123 Å². The average molecular weight is 292 g/mol. The summed E-state index contributed by atoms with van der Waals surface area (Å²) >= 11 is 0. The molecule has 6 heteroatoms. The Morgan fingerprint density at radius 3 is 2.67 bits per heavy atom. The number of rotatable bonds is 5. The molecule has 0 radical (unpaired) electrons. The number of nitro benzene ring substituents is 1. The van der Waals surface area contributed by atoms with Crippen molar-refractivity contribution in [3.63, 3.8) is 0 Å². The van der Waals surface area contributed by atoms with Crippen LogP contribution in [0.4, 0.5) is 5.69 Å². The fourth-order valence-electron chi connectivity index (χ4n) is 2.53. The zero-order valence-corrected chi connectivity index (χ0v) is 11.9. The van der Waals surface area contributed by atoms with Crippen LogP contribution >= 0.6 is 0 Å². The number of hydrogen-bond acceptors (Lipinski definition) is 4. The summed E-state index contributed by atoms with van der Waals surface area (Å²) in [6.45, 7) is -0.113. The minimum atomic E-state index is -0.488. The number of amides is 1. The van der Waals surface area contributed by atoms with Crippen molar-refractivity contribution >= 4 is 11.6 Å². The number of non-ortho nitro benzene ring substituents is 1. The highest BCUT2D eigenvalue weighted by molar-refractivity contribution is 5.77. The standard InChI is InChI=1S/C15H20N2O4/c18-15(16-12-6-3-1-2-4-7-12)11-21-14-9-5-8-13(10-14)17(19)20/h5,8-10,12H,1-4,6-7,11H2,(H,16,18). The van der Waals surface area contributed by atoms with Crippen molar-refractivity contribution in [2.45, 2.75) is 44.6 Å². The number of nitrogens with zero attached hydrogens (tertiary/aromatic N) is 1. The number of carbonyl (C=O) groups is 1. The monoisotopic (exact) mass is 292 g/mol. The van der Waals surface area contributed by atoms with Gasteiger partial charge < -0.3 is 10.1 Å². The van der Waals surface area contributed by atoms with Crippen molar-refractivity contribution in [3.8, 4) is 5.75 Å². The van der Waals surface area contributed by atoms with Gasteiger partial charge in [0.25, 0.3) is 11.6 Å². The second-order valence-electron chi connectivity index (χ2n) is 5.30. The van der Waals surface area contributed by atoms with E-state index in [1.54, 1.807) is 6.07 Å². The number of hydrogen-bond donors (Lipinski definition) is 1. The van der Waals surface area contributed by atoms with Crippen LogP contribution in [0.2, 0.25) is 0 Å². The van der Waals surface area contributed by atoms with Crippen LogP contribution in [0.15, 0.2) is 24.3 Å². The van der Waals surface area contributed by atoms with Gasteiger partial charge in [0.2, 0.25) is 0 Å². The summed E-state index contributed by atoms with van der Waals surface area (Å²) in [5.74, 6) is 0.161. The van der Waals surface area contributed by atoms with E-state index in [4.69, 9.17) is 4.74 Å². The molecular formula is C15H20N2O4. The first-order valence-electron chi connectivity index (χ1n) is 7.32. The summed E-state index contributed by atoms with van der Waals surface area (Å²) < 4.78 is 5.31. The molecule has 0 heterocycles. The van der Waals surface area contributed by atoms with Crippen LogP contribution in [-0.4, -0.2) is 23.5 Å². The van der Waals surface area contributed by atoms with Gasteiger partial charge in [0.15, 0.2) is 6.61 Å². The van der Waals surface area contributed by atoms with Gasteiger partial charge >= 0.3 is 0 Å². The molecule has 0 spiro atoms. The van der Waals surface area contributed by atoms with Crippen LogP contribution in [0, 0.1) is 10.1 Å². The lowest BCUT2D eigenvalue weighted by molar-refractivity contribution is -0.384. The first-order chi connectivity index (χ1) is 10.1. The van der Waals surface area contributed by atoms with Gasteiger partial charge in [-0.05, 0) is 18.9 Å². The molecule has 1 fully saturated rings. The summed E-state index contributed by atoms with van der Waals surface area (Å²) in [5.41, 5.74) is -0.0447. The van der Waals surface area contributed by atoms with Crippen LogP contribution in [0.1, 0.15) is 38.5 Å². The molecule has 21 heavy (non-hydrogen) atoms. The zero-order chi connectivity index (χ0) is 15.1. The SMILES string of the molecule is O=C(COc1cccc([N+](=O)[O-])c1)NC1CCCCCC1. The molecule has 0 aliphatic heterocycles. The van der Waals surface area contributed by atoms with E-state index in [2.05, 4.69) is 5.32 Å². The van der Waals surface area contributed by atoms with Gasteiger partial charge in [-0.1, -0.05) is 31.7 Å². The highest BCUT2D eigenvalue weighted by Crippen LogP contribution is 2.19. The number of ether oxygens (including phenoxy) is 1. The molecule has 6 nitrogen and oxygen atoms in total. The minimum absolute atomic E-state index is 0.0447. The first-order valence-corrected chi connectivity index (χ1v) is 7.32. The summed E-state index contributed by atoms with van der Waals surface area (Å²) in [6, 6.07) is 6.08. The van der Waals surface area contributed by atoms with Gasteiger partial charge in [0.05, 0.1) is 11.0 Å². The maximum atomic E-state index is 11.8. The van der Waals surface area contributed by atoms with Crippen molar-refractivity contribution in [2.75, 3.05) is 6.61 Å². The van der Waals surface area contributed by atoms with E-state index in [1.807, 2.05) is 0 Å². The highest BCUT2D eigenvalue weighted by Gasteiger charge is 2.15. The first kappa shape index (κ1) is 15.3. The molecule has 0 saturated heterocycles. The Morgan fingerprint density at radius 2 is 2.00 bits per heavy atom. The summed E-state index contributed by atoms with van der Waals surface area (Å²) in [5, 5.41) is 13.6. The van der Waals surface area contributed by atoms with Crippen LogP contribution in [-0.2, 0) is 4.79 Å². The molecule has 1 aliphatic rings. The minimum Gasteiger partial charge on any atom is -0.484 e. The molecular weight excluding hydrogens is 272 g/mol. The fraction of sp³-hybridized carbons (Fsp3) is 0.533. The van der Waals surface area contributed by atoms with Crippen LogP contribution in [0.25, 0.3) is 0 Å². The second kappa shape index (κ2) is 7.61. The van der Waals surface area contributed by atoms with Crippen LogP contribution < -0.4 is 10.1 Å². The van der Waals surface area contributed by atoms with Gasteiger partial charge in [-0.15, -0.1) is 0 Å². The topological polar surface area (TPSA) is 81.5 Å². The highest BCUT2D eigenvalue weighted by atomic mass is 16.6. The third-order valence-corrected chi connectivity index (χ3v) is 3.62. The third kappa shape index (κ3) is 5.06. The molecule has 1 aliphatic carbocycles. The number of nitro groups is 1. The van der Waals surface area contributed by atoms with Crippen molar-refractivity contribution in [1.29, 1.82) is 0 Å². The van der Waals surface area contributed by atoms with E-state index in [9.17, 15) is 14.9 Å². The molecule has 114 valence electrons. The molecule has 1 aromatic rings. The Bertz CT molecular complexity index is 496. The molecule has 0 unspecified atom stereocenters. The lowest BCUT2D eigenvalue weighted by Gasteiger charge is -2.16. The Morgan fingerprint density at radius 1 is 1.29 bits per heavy atom. The lowest BCUT2D eigenvalue weighted by Crippen LogP contribution is -2.37. The smallest absolute Gasteiger partial charge is 0.273 e. The maximum absolute atomic E-state index is 11.8. The quantitative estimate of drug-likeness (QED) is 0.514. The van der Waals surface area contributed by atoms with Crippen molar-refractivity contribution in [2.24, 2.45) is 0 Å². The largest absolute Gasteiger partial charge is 0.484 e. The lowest BCUT2D eigenvalue weighted by atomic mass is 10.1. The summed E-state index contributed by atoms with van der Waals surface area (Å²) in [7, 11) is 0. The molecule has 1 N–H and O–H groups in total. The van der Waals surface area contributed by atoms with E-state index >= 15 is 0 Å². The van der Waals surface area contributed by atoms with Crippen molar-refractivity contribution < 1.29 is 14.5 Å². The van der Waals surface area contributed by atoms with Gasteiger partial charge in [0.1, 0.15) is 5.75 Å². The van der Waals surface area contributed by atoms with E-state index in [0.29, 0.717) is 5.75 Å². The molecule has 1 saturated carbocycles. The van der Waals surface area contributed by atoms with Crippen molar-refractivity contribution in [1.82, 2.24) is 5.32 Å². The second-order valence-corrected chi connectivity index (χ2v) is 5.30. The van der Waals surface area contributed by atoms with Gasteiger partial charge in [-0.25, -0.2) is 0 Å². The fourth-order valence-corrected chi connectivity index (χ4v) is 2.53. The summed E-state index contributed by atoms with van der Waals surface area (Å²) in [6.07, 6.45) is 6.80. The zero-order valence-electron chi connectivity index (χ0n) is 11.9. The Kier molecular flexibility index (Phi) is 5.54. The van der Waals surface area contributed by atoms with Gasteiger partial charge in [-0.2, -0.15) is 0 Å². The Hall–Kier alpha value is -2.11. The normalized spacial score (nSPS) is 16.0.